The molecule has 1 aromatic rings. The maximum absolute atomic E-state index is 6.12. The zero-order valence-electron chi connectivity index (χ0n) is 10.1. The highest BCUT2D eigenvalue weighted by atomic mass is 16.5. The van der Waals surface area contributed by atoms with Crippen molar-refractivity contribution in [3.63, 3.8) is 0 Å². The minimum atomic E-state index is 0.0873. The van der Waals surface area contributed by atoms with Gasteiger partial charge in [0, 0.05) is 19.8 Å². The van der Waals surface area contributed by atoms with Crippen LogP contribution in [0.25, 0.3) is 0 Å². The molecule has 15 heavy (non-hydrogen) atoms. The van der Waals surface area contributed by atoms with Crippen molar-refractivity contribution in [2.45, 2.75) is 33.2 Å². The van der Waals surface area contributed by atoms with Crippen LogP contribution in [0, 0.1) is 20.8 Å². The third kappa shape index (κ3) is 3.05. The smallest absolute Gasteiger partial charge is 0.0480 e. The molecule has 0 spiro atoms. The fourth-order valence-corrected chi connectivity index (χ4v) is 1.78. The van der Waals surface area contributed by atoms with E-state index in [1.807, 2.05) is 0 Å². The first-order chi connectivity index (χ1) is 7.06. The standard InChI is InChI=1S/C13H21NO/c1-9-7-11(3)12(8-10(9)2)13(14)5-6-15-4/h7-8,13H,5-6,14H2,1-4H3. The van der Waals surface area contributed by atoms with Crippen molar-refractivity contribution >= 4 is 0 Å². The molecule has 1 unspecified atom stereocenters. The van der Waals surface area contributed by atoms with Gasteiger partial charge in [-0.1, -0.05) is 12.1 Å². The molecule has 84 valence electrons. The Labute approximate surface area is 92.4 Å². The van der Waals surface area contributed by atoms with Crippen LogP contribution in [0.4, 0.5) is 0 Å². The zero-order chi connectivity index (χ0) is 11.4. The van der Waals surface area contributed by atoms with E-state index in [0.717, 1.165) is 6.42 Å². The third-order valence-corrected chi connectivity index (χ3v) is 2.91. The van der Waals surface area contributed by atoms with Crippen molar-refractivity contribution < 1.29 is 4.74 Å². The summed E-state index contributed by atoms with van der Waals surface area (Å²) < 4.78 is 5.05. The van der Waals surface area contributed by atoms with Crippen LogP contribution in [0.1, 0.15) is 34.7 Å². The van der Waals surface area contributed by atoms with Gasteiger partial charge in [0.25, 0.3) is 0 Å². The average Bonchev–Trinajstić information content (AvgIpc) is 2.20. The molecule has 0 aliphatic carbocycles. The summed E-state index contributed by atoms with van der Waals surface area (Å²) in [6.45, 7) is 7.09. The molecular formula is C13H21NO. The highest BCUT2D eigenvalue weighted by molar-refractivity contribution is 5.38. The van der Waals surface area contributed by atoms with Crippen molar-refractivity contribution in [1.82, 2.24) is 0 Å². The molecule has 0 fully saturated rings. The molecule has 2 heteroatoms. The van der Waals surface area contributed by atoms with Crippen molar-refractivity contribution in [3.05, 3.63) is 34.4 Å². The Morgan fingerprint density at radius 2 is 1.73 bits per heavy atom. The Balaban J connectivity index is 2.88. The molecule has 0 radical (unpaired) electrons. The highest BCUT2D eigenvalue weighted by Gasteiger charge is 2.09. The van der Waals surface area contributed by atoms with Crippen LogP contribution >= 0.6 is 0 Å². The van der Waals surface area contributed by atoms with E-state index in [1.165, 1.54) is 22.3 Å². The molecule has 0 aliphatic rings. The van der Waals surface area contributed by atoms with Gasteiger partial charge in [-0.3, -0.25) is 0 Å². The van der Waals surface area contributed by atoms with E-state index in [1.54, 1.807) is 7.11 Å². The van der Waals surface area contributed by atoms with Gasteiger partial charge in [0.15, 0.2) is 0 Å². The predicted octanol–water partition coefficient (Wildman–Crippen LogP) is 2.65. The van der Waals surface area contributed by atoms with E-state index in [2.05, 4.69) is 32.9 Å². The number of benzene rings is 1. The molecule has 0 amide bonds. The predicted molar refractivity (Wildman–Crippen MR) is 64.1 cm³/mol. The first kappa shape index (κ1) is 12.2. The average molecular weight is 207 g/mol. The van der Waals surface area contributed by atoms with E-state index >= 15 is 0 Å². The highest BCUT2D eigenvalue weighted by Crippen LogP contribution is 2.22. The Bertz CT molecular complexity index is 334. The van der Waals surface area contributed by atoms with Crippen LogP contribution in [0.5, 0.6) is 0 Å². The Kier molecular flexibility index (Phi) is 4.30. The summed E-state index contributed by atoms with van der Waals surface area (Å²) in [4.78, 5) is 0. The summed E-state index contributed by atoms with van der Waals surface area (Å²) in [5, 5.41) is 0. The van der Waals surface area contributed by atoms with Crippen LogP contribution < -0.4 is 5.73 Å². The van der Waals surface area contributed by atoms with Gasteiger partial charge < -0.3 is 10.5 Å². The second-order valence-electron chi connectivity index (χ2n) is 4.18. The fraction of sp³-hybridized carbons (Fsp3) is 0.538. The number of nitrogens with two attached hydrogens (primary N) is 1. The Morgan fingerprint density at radius 1 is 1.13 bits per heavy atom. The molecule has 0 saturated carbocycles. The van der Waals surface area contributed by atoms with Crippen LogP contribution in [0.15, 0.2) is 12.1 Å². The molecule has 0 saturated heterocycles. The molecule has 2 N–H and O–H groups in total. The summed E-state index contributed by atoms with van der Waals surface area (Å²) in [7, 11) is 1.71. The summed E-state index contributed by atoms with van der Waals surface area (Å²) in [5.74, 6) is 0. The molecule has 0 heterocycles. The molecule has 2 nitrogen and oxygen atoms in total. The van der Waals surface area contributed by atoms with Crippen LogP contribution in [0.2, 0.25) is 0 Å². The van der Waals surface area contributed by atoms with Gasteiger partial charge in [-0.2, -0.15) is 0 Å². The lowest BCUT2D eigenvalue weighted by Crippen LogP contribution is -2.14. The van der Waals surface area contributed by atoms with E-state index in [0.29, 0.717) is 6.61 Å². The summed E-state index contributed by atoms with van der Waals surface area (Å²) in [6.07, 6.45) is 0.875. The van der Waals surface area contributed by atoms with Crippen molar-refractivity contribution in [3.8, 4) is 0 Å². The first-order valence-electron chi connectivity index (χ1n) is 5.38. The molecule has 1 atom stereocenters. The molecule has 0 aromatic heterocycles. The SMILES string of the molecule is COCCC(N)c1cc(C)c(C)cc1C. The van der Waals surface area contributed by atoms with Gasteiger partial charge in [0.1, 0.15) is 0 Å². The summed E-state index contributed by atoms with van der Waals surface area (Å²) in [5.41, 5.74) is 11.3. The maximum atomic E-state index is 6.12. The Morgan fingerprint density at radius 3 is 2.33 bits per heavy atom. The van der Waals surface area contributed by atoms with E-state index in [-0.39, 0.29) is 6.04 Å². The zero-order valence-corrected chi connectivity index (χ0v) is 10.1. The minimum Gasteiger partial charge on any atom is -0.385 e. The van der Waals surface area contributed by atoms with E-state index in [4.69, 9.17) is 10.5 Å². The largest absolute Gasteiger partial charge is 0.385 e. The van der Waals surface area contributed by atoms with Gasteiger partial charge in [0.05, 0.1) is 0 Å². The van der Waals surface area contributed by atoms with Gasteiger partial charge in [-0.05, 0) is 49.4 Å². The third-order valence-electron chi connectivity index (χ3n) is 2.91. The number of methoxy groups -OCH3 is 1. The monoisotopic (exact) mass is 207 g/mol. The summed E-state index contributed by atoms with van der Waals surface area (Å²) >= 11 is 0. The van der Waals surface area contributed by atoms with Crippen molar-refractivity contribution in [1.29, 1.82) is 0 Å². The Hall–Kier alpha value is -0.860. The molecule has 0 aliphatic heterocycles. The second-order valence-corrected chi connectivity index (χ2v) is 4.18. The molecule has 1 aromatic carbocycles. The van der Waals surface area contributed by atoms with Crippen LogP contribution in [-0.4, -0.2) is 13.7 Å². The van der Waals surface area contributed by atoms with E-state index < -0.39 is 0 Å². The quantitative estimate of drug-likeness (QED) is 0.823. The van der Waals surface area contributed by atoms with Crippen molar-refractivity contribution in [2.24, 2.45) is 5.73 Å². The lowest BCUT2D eigenvalue weighted by molar-refractivity contribution is 0.188. The number of hydrogen-bond donors (Lipinski definition) is 1. The molecule has 1 rings (SSSR count). The molecule has 0 bridgehead atoms. The topological polar surface area (TPSA) is 35.2 Å². The number of ether oxygens (including phenoxy) is 1. The fourth-order valence-electron chi connectivity index (χ4n) is 1.78. The molecular weight excluding hydrogens is 186 g/mol. The van der Waals surface area contributed by atoms with Crippen LogP contribution in [0.3, 0.4) is 0 Å². The second kappa shape index (κ2) is 5.29. The van der Waals surface area contributed by atoms with E-state index in [9.17, 15) is 0 Å². The number of hydrogen-bond acceptors (Lipinski definition) is 2. The van der Waals surface area contributed by atoms with Crippen LogP contribution in [-0.2, 0) is 4.74 Å². The van der Waals surface area contributed by atoms with Crippen molar-refractivity contribution in [2.75, 3.05) is 13.7 Å². The van der Waals surface area contributed by atoms with Gasteiger partial charge in [-0.15, -0.1) is 0 Å². The summed E-state index contributed by atoms with van der Waals surface area (Å²) in [6, 6.07) is 4.49. The number of rotatable bonds is 4. The van der Waals surface area contributed by atoms with Gasteiger partial charge in [-0.25, -0.2) is 0 Å². The first-order valence-corrected chi connectivity index (χ1v) is 5.38. The minimum absolute atomic E-state index is 0.0873. The van der Waals surface area contributed by atoms with Gasteiger partial charge >= 0.3 is 0 Å². The lowest BCUT2D eigenvalue weighted by Gasteiger charge is -2.16. The normalized spacial score (nSPS) is 12.9. The lowest BCUT2D eigenvalue weighted by atomic mass is 9.95. The van der Waals surface area contributed by atoms with Gasteiger partial charge in [0.2, 0.25) is 0 Å². The number of aryl methyl sites for hydroxylation is 3. The maximum Gasteiger partial charge on any atom is 0.0480 e.